The fourth-order valence-electron chi connectivity index (χ4n) is 2.05. The zero-order valence-corrected chi connectivity index (χ0v) is 12.5. The topological polar surface area (TPSA) is 48.7 Å². The van der Waals surface area contributed by atoms with Crippen LogP contribution in [0.4, 0.5) is 0 Å². The van der Waals surface area contributed by atoms with E-state index in [1.807, 2.05) is 13.2 Å². The summed E-state index contributed by atoms with van der Waals surface area (Å²) in [6.45, 7) is 7.56. The van der Waals surface area contributed by atoms with Crippen molar-refractivity contribution in [2.75, 3.05) is 12.9 Å². The molecule has 0 N–H and O–H groups in total. The second kappa shape index (κ2) is 6.05. The van der Waals surface area contributed by atoms with E-state index in [0.29, 0.717) is 29.3 Å². The molecule has 4 nitrogen and oxygen atoms in total. The first-order valence-corrected chi connectivity index (χ1v) is 7.41. The number of fused-ring (bicyclic) bond motifs is 1. The van der Waals surface area contributed by atoms with Gasteiger partial charge in [0.2, 0.25) is 0 Å². The van der Waals surface area contributed by atoms with Gasteiger partial charge in [0, 0.05) is 6.92 Å². The molecule has 0 saturated carbocycles. The fraction of sp³-hybridized carbons (Fsp3) is 0.267. The van der Waals surface area contributed by atoms with Gasteiger partial charge in [0.25, 0.3) is 0 Å². The van der Waals surface area contributed by atoms with Crippen molar-refractivity contribution < 1.29 is 18.7 Å². The van der Waals surface area contributed by atoms with Crippen LogP contribution < -0.4 is 9.47 Å². The van der Waals surface area contributed by atoms with Crippen molar-refractivity contribution in [3.8, 4) is 11.5 Å². The van der Waals surface area contributed by atoms with Gasteiger partial charge in [-0.3, -0.25) is 4.79 Å². The summed E-state index contributed by atoms with van der Waals surface area (Å²) in [5.74, 6) is 0.668. The van der Waals surface area contributed by atoms with E-state index in [0.717, 1.165) is 10.3 Å². The lowest BCUT2D eigenvalue weighted by Gasteiger charge is -2.16. The fourth-order valence-corrected chi connectivity index (χ4v) is 2.75. The number of carbonyl (C=O) groups is 1. The minimum absolute atomic E-state index is 0.394. The molecule has 0 bridgehead atoms. The number of ether oxygens (including phenoxy) is 2. The van der Waals surface area contributed by atoms with Gasteiger partial charge in [-0.15, -0.1) is 11.8 Å². The van der Waals surface area contributed by atoms with Gasteiger partial charge < -0.3 is 13.9 Å². The Kier molecular flexibility index (Phi) is 4.39. The van der Waals surface area contributed by atoms with Crippen LogP contribution in [0.2, 0.25) is 0 Å². The highest BCUT2D eigenvalue weighted by atomic mass is 32.2. The van der Waals surface area contributed by atoms with Gasteiger partial charge in [-0.1, -0.05) is 12.7 Å². The molecule has 106 valence electrons. The summed E-state index contributed by atoms with van der Waals surface area (Å²) in [7, 11) is 0. The standard InChI is InChI=1S/C15H16O4S/c1-5-10-12(19-9(3)16)11-7-8-18-14(11)15(20-4)13(10)17-6-2/h5,7-8H,1,6H2,2-4H3. The normalized spacial score (nSPS) is 10.6. The van der Waals surface area contributed by atoms with Crippen molar-refractivity contribution >= 4 is 34.8 Å². The molecule has 0 aliphatic heterocycles. The Balaban J connectivity index is 2.84. The Labute approximate surface area is 121 Å². The number of hydrogen-bond donors (Lipinski definition) is 0. The Morgan fingerprint density at radius 3 is 2.80 bits per heavy atom. The van der Waals surface area contributed by atoms with Gasteiger partial charge >= 0.3 is 5.97 Å². The van der Waals surface area contributed by atoms with E-state index in [2.05, 4.69) is 6.58 Å². The molecule has 20 heavy (non-hydrogen) atoms. The van der Waals surface area contributed by atoms with E-state index in [4.69, 9.17) is 13.9 Å². The molecule has 0 unspecified atom stereocenters. The van der Waals surface area contributed by atoms with Crippen molar-refractivity contribution in [2.45, 2.75) is 18.7 Å². The molecule has 0 fully saturated rings. The predicted molar refractivity (Wildman–Crippen MR) is 80.6 cm³/mol. The first-order valence-electron chi connectivity index (χ1n) is 6.18. The van der Waals surface area contributed by atoms with E-state index >= 15 is 0 Å². The van der Waals surface area contributed by atoms with Crippen LogP contribution >= 0.6 is 11.8 Å². The lowest BCUT2D eigenvalue weighted by atomic mass is 10.1. The maximum Gasteiger partial charge on any atom is 0.308 e. The van der Waals surface area contributed by atoms with E-state index in [9.17, 15) is 4.79 Å². The molecule has 0 saturated heterocycles. The van der Waals surface area contributed by atoms with Gasteiger partial charge in [0.1, 0.15) is 5.75 Å². The minimum atomic E-state index is -0.394. The molecule has 0 aliphatic carbocycles. The molecular weight excluding hydrogens is 276 g/mol. The minimum Gasteiger partial charge on any atom is -0.492 e. The van der Waals surface area contributed by atoms with Gasteiger partial charge in [-0.05, 0) is 19.2 Å². The lowest BCUT2D eigenvalue weighted by Crippen LogP contribution is -2.05. The Morgan fingerprint density at radius 2 is 2.25 bits per heavy atom. The SMILES string of the molecule is C=Cc1c(OCC)c(SC)c2occc2c1OC(C)=O. The lowest BCUT2D eigenvalue weighted by molar-refractivity contribution is -0.131. The second-order valence-corrected chi connectivity index (χ2v) is 4.82. The van der Waals surface area contributed by atoms with Crippen molar-refractivity contribution in [1.82, 2.24) is 0 Å². The number of thioether (sulfide) groups is 1. The summed E-state index contributed by atoms with van der Waals surface area (Å²) in [4.78, 5) is 12.2. The van der Waals surface area contributed by atoms with Crippen LogP contribution in [0.25, 0.3) is 17.0 Å². The number of benzene rings is 1. The summed E-state index contributed by atoms with van der Waals surface area (Å²) in [5, 5.41) is 0.739. The van der Waals surface area contributed by atoms with Gasteiger partial charge in [-0.25, -0.2) is 0 Å². The third-order valence-corrected chi connectivity index (χ3v) is 3.53. The summed E-state index contributed by atoms with van der Waals surface area (Å²) < 4.78 is 16.6. The summed E-state index contributed by atoms with van der Waals surface area (Å²) in [6.07, 6.45) is 5.15. The molecule has 0 radical (unpaired) electrons. The summed E-state index contributed by atoms with van der Waals surface area (Å²) in [6, 6.07) is 1.77. The van der Waals surface area contributed by atoms with Crippen LogP contribution in [-0.4, -0.2) is 18.8 Å². The zero-order valence-electron chi connectivity index (χ0n) is 11.7. The van der Waals surface area contributed by atoms with E-state index in [-0.39, 0.29) is 0 Å². The van der Waals surface area contributed by atoms with E-state index < -0.39 is 5.97 Å². The predicted octanol–water partition coefficient (Wildman–Crippen LogP) is 4.12. The number of hydrogen-bond acceptors (Lipinski definition) is 5. The van der Waals surface area contributed by atoms with Gasteiger partial charge in [0.05, 0.1) is 28.7 Å². The molecule has 2 aromatic rings. The van der Waals surface area contributed by atoms with E-state index in [1.54, 1.807) is 18.4 Å². The molecule has 1 aromatic heterocycles. The number of carbonyl (C=O) groups excluding carboxylic acids is 1. The van der Waals surface area contributed by atoms with Crippen molar-refractivity contribution in [2.24, 2.45) is 0 Å². The third kappa shape index (κ3) is 2.41. The van der Waals surface area contributed by atoms with Crippen LogP contribution in [0.15, 0.2) is 28.2 Å². The maximum absolute atomic E-state index is 11.3. The molecule has 0 amide bonds. The highest BCUT2D eigenvalue weighted by molar-refractivity contribution is 7.99. The first-order chi connectivity index (χ1) is 9.63. The molecule has 1 aromatic carbocycles. The first kappa shape index (κ1) is 14.5. The smallest absolute Gasteiger partial charge is 0.308 e. The molecular formula is C15H16O4S. The van der Waals surface area contributed by atoms with Crippen LogP contribution in [0.5, 0.6) is 11.5 Å². The quantitative estimate of drug-likeness (QED) is 0.471. The maximum atomic E-state index is 11.3. The molecule has 0 spiro atoms. The Bertz CT molecular complexity index is 657. The largest absolute Gasteiger partial charge is 0.492 e. The van der Waals surface area contributed by atoms with Gasteiger partial charge in [0.15, 0.2) is 11.3 Å². The average Bonchev–Trinajstić information content (AvgIpc) is 2.88. The molecule has 5 heteroatoms. The average molecular weight is 292 g/mol. The van der Waals surface area contributed by atoms with E-state index in [1.165, 1.54) is 18.7 Å². The molecule has 0 atom stereocenters. The van der Waals surface area contributed by atoms with Crippen molar-refractivity contribution in [1.29, 1.82) is 0 Å². The van der Waals surface area contributed by atoms with Crippen LogP contribution in [-0.2, 0) is 4.79 Å². The molecule has 1 heterocycles. The Morgan fingerprint density at radius 1 is 1.50 bits per heavy atom. The second-order valence-electron chi connectivity index (χ2n) is 4.00. The van der Waals surface area contributed by atoms with Gasteiger partial charge in [-0.2, -0.15) is 0 Å². The number of esters is 1. The third-order valence-electron chi connectivity index (χ3n) is 2.75. The number of rotatable bonds is 5. The Hall–Kier alpha value is -1.88. The monoisotopic (exact) mass is 292 g/mol. The molecule has 0 aliphatic rings. The molecule has 2 rings (SSSR count). The number of furan rings is 1. The van der Waals surface area contributed by atoms with Crippen LogP contribution in [0, 0.1) is 0 Å². The highest BCUT2D eigenvalue weighted by Gasteiger charge is 2.22. The van der Waals surface area contributed by atoms with Crippen molar-refractivity contribution in [3.63, 3.8) is 0 Å². The van der Waals surface area contributed by atoms with Crippen LogP contribution in [0.1, 0.15) is 19.4 Å². The summed E-state index contributed by atoms with van der Waals surface area (Å²) >= 11 is 1.52. The van der Waals surface area contributed by atoms with Crippen molar-refractivity contribution in [3.05, 3.63) is 24.5 Å². The summed E-state index contributed by atoms with van der Waals surface area (Å²) in [5.41, 5.74) is 1.32. The van der Waals surface area contributed by atoms with Crippen LogP contribution in [0.3, 0.4) is 0 Å². The zero-order chi connectivity index (χ0) is 14.7. The highest BCUT2D eigenvalue weighted by Crippen LogP contribution is 2.46.